The number of ether oxygens (including phenoxy) is 2. The van der Waals surface area contributed by atoms with Crippen LogP contribution in [0.25, 0.3) is 0 Å². The first-order chi connectivity index (χ1) is 8.21. The van der Waals surface area contributed by atoms with Crippen LogP contribution in [0.15, 0.2) is 22.7 Å². The molecule has 3 nitrogen and oxygen atoms in total. The van der Waals surface area contributed by atoms with Gasteiger partial charge in [-0.25, -0.2) is 0 Å². The van der Waals surface area contributed by atoms with Crippen LogP contribution in [-0.2, 0) is 11.3 Å². The molecule has 1 N–H and O–H groups in total. The number of rotatable bonds is 7. The summed E-state index contributed by atoms with van der Waals surface area (Å²) < 4.78 is 11.6. The SMILES string of the molecule is CCC(COC)NCc1cc(Br)ccc1OC. The number of methoxy groups -OCH3 is 2. The summed E-state index contributed by atoms with van der Waals surface area (Å²) in [5.41, 5.74) is 1.15. The molecule has 1 aromatic carbocycles. The Morgan fingerprint density at radius 2 is 2.12 bits per heavy atom. The third kappa shape index (κ3) is 4.66. The van der Waals surface area contributed by atoms with Crippen LogP contribution < -0.4 is 10.1 Å². The molecule has 0 heterocycles. The van der Waals surface area contributed by atoms with Gasteiger partial charge < -0.3 is 14.8 Å². The average Bonchev–Trinajstić information content (AvgIpc) is 2.34. The second-order valence-corrected chi connectivity index (χ2v) is 4.81. The number of hydrogen-bond donors (Lipinski definition) is 1. The van der Waals surface area contributed by atoms with Crippen molar-refractivity contribution in [3.63, 3.8) is 0 Å². The smallest absolute Gasteiger partial charge is 0.123 e. The zero-order chi connectivity index (χ0) is 12.7. The molecular formula is C13H20BrNO2. The van der Waals surface area contributed by atoms with Crippen LogP contribution in [0.2, 0.25) is 0 Å². The van der Waals surface area contributed by atoms with E-state index in [1.165, 1.54) is 0 Å². The van der Waals surface area contributed by atoms with Crippen molar-refractivity contribution in [3.8, 4) is 5.75 Å². The monoisotopic (exact) mass is 301 g/mol. The van der Waals surface area contributed by atoms with Gasteiger partial charge in [-0.3, -0.25) is 0 Å². The first-order valence-corrected chi connectivity index (χ1v) is 6.55. The van der Waals surface area contributed by atoms with E-state index in [0.29, 0.717) is 6.04 Å². The number of nitrogens with one attached hydrogen (secondary N) is 1. The molecule has 0 aromatic heterocycles. The molecule has 0 aliphatic heterocycles. The fraction of sp³-hybridized carbons (Fsp3) is 0.538. The van der Waals surface area contributed by atoms with Gasteiger partial charge in [0.2, 0.25) is 0 Å². The molecule has 0 spiro atoms. The lowest BCUT2D eigenvalue weighted by Gasteiger charge is -2.17. The van der Waals surface area contributed by atoms with Gasteiger partial charge in [0, 0.05) is 29.7 Å². The Hall–Kier alpha value is -0.580. The normalized spacial score (nSPS) is 12.5. The van der Waals surface area contributed by atoms with Crippen molar-refractivity contribution < 1.29 is 9.47 Å². The zero-order valence-corrected chi connectivity index (χ0v) is 12.2. The Kier molecular flexibility index (Phi) is 6.55. The van der Waals surface area contributed by atoms with Crippen LogP contribution in [0.3, 0.4) is 0 Å². The maximum Gasteiger partial charge on any atom is 0.123 e. The van der Waals surface area contributed by atoms with Gasteiger partial charge >= 0.3 is 0 Å². The van der Waals surface area contributed by atoms with Crippen LogP contribution in [-0.4, -0.2) is 26.9 Å². The van der Waals surface area contributed by atoms with Crippen molar-refractivity contribution in [1.82, 2.24) is 5.32 Å². The van der Waals surface area contributed by atoms with Gasteiger partial charge in [0.1, 0.15) is 5.75 Å². The van der Waals surface area contributed by atoms with E-state index in [9.17, 15) is 0 Å². The van der Waals surface area contributed by atoms with Gasteiger partial charge in [0.05, 0.1) is 13.7 Å². The summed E-state index contributed by atoms with van der Waals surface area (Å²) in [6, 6.07) is 6.40. The van der Waals surface area contributed by atoms with Crippen molar-refractivity contribution in [2.45, 2.75) is 25.9 Å². The zero-order valence-electron chi connectivity index (χ0n) is 10.6. The third-order valence-corrected chi connectivity index (χ3v) is 3.18. The summed E-state index contributed by atoms with van der Waals surface area (Å²) in [6.45, 7) is 3.66. The molecule has 1 unspecified atom stereocenters. The lowest BCUT2D eigenvalue weighted by Crippen LogP contribution is -2.32. The summed E-state index contributed by atoms with van der Waals surface area (Å²) >= 11 is 3.47. The van der Waals surface area contributed by atoms with Gasteiger partial charge in [0.15, 0.2) is 0 Å². The van der Waals surface area contributed by atoms with Gasteiger partial charge in [-0.05, 0) is 24.6 Å². The number of hydrogen-bond acceptors (Lipinski definition) is 3. The molecule has 0 amide bonds. The summed E-state index contributed by atoms with van der Waals surface area (Å²) in [6.07, 6.45) is 1.05. The first kappa shape index (κ1) is 14.5. The molecule has 0 bridgehead atoms. The molecule has 0 radical (unpaired) electrons. The first-order valence-electron chi connectivity index (χ1n) is 5.76. The number of benzene rings is 1. The van der Waals surface area contributed by atoms with E-state index in [0.717, 1.165) is 35.4 Å². The maximum atomic E-state index is 5.33. The highest BCUT2D eigenvalue weighted by molar-refractivity contribution is 9.10. The number of halogens is 1. The second kappa shape index (κ2) is 7.69. The Morgan fingerprint density at radius 1 is 1.35 bits per heavy atom. The summed E-state index contributed by atoms with van der Waals surface area (Å²) in [7, 11) is 3.42. The Morgan fingerprint density at radius 3 is 2.71 bits per heavy atom. The summed E-state index contributed by atoms with van der Waals surface area (Å²) in [5, 5.41) is 3.46. The van der Waals surface area contributed by atoms with Gasteiger partial charge in [0.25, 0.3) is 0 Å². The molecule has 0 saturated heterocycles. The van der Waals surface area contributed by atoms with Gasteiger partial charge in [-0.15, -0.1) is 0 Å². The highest BCUT2D eigenvalue weighted by atomic mass is 79.9. The van der Waals surface area contributed by atoms with Crippen LogP contribution >= 0.6 is 15.9 Å². The van der Waals surface area contributed by atoms with E-state index in [1.807, 2.05) is 12.1 Å². The molecule has 4 heteroatoms. The molecule has 1 aromatic rings. The lowest BCUT2D eigenvalue weighted by molar-refractivity contribution is 0.163. The van der Waals surface area contributed by atoms with E-state index in [-0.39, 0.29) is 0 Å². The van der Waals surface area contributed by atoms with Crippen LogP contribution in [0, 0.1) is 0 Å². The minimum Gasteiger partial charge on any atom is -0.496 e. The van der Waals surface area contributed by atoms with Crippen LogP contribution in [0.5, 0.6) is 5.75 Å². The maximum absolute atomic E-state index is 5.33. The molecule has 0 fully saturated rings. The molecule has 0 saturated carbocycles. The Balaban J connectivity index is 2.63. The molecule has 0 aliphatic carbocycles. The van der Waals surface area contributed by atoms with Crippen molar-refractivity contribution in [1.29, 1.82) is 0 Å². The Labute approximate surface area is 112 Å². The summed E-state index contributed by atoms with van der Waals surface area (Å²) in [5.74, 6) is 0.910. The molecule has 96 valence electrons. The molecule has 1 atom stereocenters. The molecule has 0 aliphatic rings. The average molecular weight is 302 g/mol. The highest BCUT2D eigenvalue weighted by Gasteiger charge is 2.08. The van der Waals surface area contributed by atoms with E-state index >= 15 is 0 Å². The van der Waals surface area contributed by atoms with E-state index < -0.39 is 0 Å². The Bertz CT molecular complexity index is 344. The fourth-order valence-electron chi connectivity index (χ4n) is 1.66. The van der Waals surface area contributed by atoms with E-state index in [4.69, 9.17) is 9.47 Å². The largest absolute Gasteiger partial charge is 0.496 e. The highest BCUT2D eigenvalue weighted by Crippen LogP contribution is 2.22. The van der Waals surface area contributed by atoms with E-state index in [2.05, 4.69) is 34.2 Å². The third-order valence-electron chi connectivity index (χ3n) is 2.68. The van der Waals surface area contributed by atoms with Crippen molar-refractivity contribution >= 4 is 15.9 Å². The second-order valence-electron chi connectivity index (χ2n) is 3.90. The molecule has 17 heavy (non-hydrogen) atoms. The minimum absolute atomic E-state index is 0.378. The van der Waals surface area contributed by atoms with Gasteiger partial charge in [-0.2, -0.15) is 0 Å². The van der Waals surface area contributed by atoms with Crippen molar-refractivity contribution in [3.05, 3.63) is 28.2 Å². The topological polar surface area (TPSA) is 30.5 Å². The predicted octanol–water partition coefficient (Wildman–Crippen LogP) is 2.97. The molecule has 1 rings (SSSR count). The van der Waals surface area contributed by atoms with Crippen molar-refractivity contribution in [2.75, 3.05) is 20.8 Å². The minimum atomic E-state index is 0.378. The van der Waals surface area contributed by atoms with Crippen LogP contribution in [0.4, 0.5) is 0 Å². The van der Waals surface area contributed by atoms with Gasteiger partial charge in [-0.1, -0.05) is 22.9 Å². The standard InChI is InChI=1S/C13H20BrNO2/c1-4-12(9-16-2)15-8-10-7-11(14)5-6-13(10)17-3/h5-7,12,15H,4,8-9H2,1-3H3. The van der Waals surface area contributed by atoms with E-state index in [1.54, 1.807) is 14.2 Å². The fourth-order valence-corrected chi connectivity index (χ4v) is 2.07. The summed E-state index contributed by atoms with van der Waals surface area (Å²) in [4.78, 5) is 0. The quantitative estimate of drug-likeness (QED) is 0.840. The lowest BCUT2D eigenvalue weighted by atomic mass is 10.1. The van der Waals surface area contributed by atoms with Crippen molar-refractivity contribution in [2.24, 2.45) is 0 Å². The predicted molar refractivity (Wildman–Crippen MR) is 73.5 cm³/mol. The van der Waals surface area contributed by atoms with Crippen LogP contribution in [0.1, 0.15) is 18.9 Å². The molecular weight excluding hydrogens is 282 g/mol.